The summed E-state index contributed by atoms with van der Waals surface area (Å²) in [6, 6.07) is 31.3. The van der Waals surface area contributed by atoms with Gasteiger partial charge < -0.3 is 4.40 Å². The Morgan fingerprint density at radius 3 is 2.24 bits per heavy atom. The van der Waals surface area contributed by atoms with Gasteiger partial charge in [0.05, 0.1) is 16.7 Å². The largest absolute Gasteiger partial charge is 0.306 e. The number of para-hydroxylation sites is 3. The molecule has 0 unspecified atom stereocenters. The Bertz CT molecular complexity index is 1510. The number of aryl methyl sites for hydroxylation is 1. The summed E-state index contributed by atoms with van der Waals surface area (Å²) in [7, 11) is 0. The molecule has 4 nitrogen and oxygen atoms in total. The summed E-state index contributed by atoms with van der Waals surface area (Å²) in [5, 5.41) is 0. The van der Waals surface area contributed by atoms with E-state index in [0.717, 1.165) is 45.0 Å². The van der Waals surface area contributed by atoms with Crippen molar-refractivity contribution in [1.29, 1.82) is 0 Å². The number of benzene rings is 3. The van der Waals surface area contributed by atoms with Gasteiger partial charge in [0.2, 0.25) is 0 Å². The number of imidazole rings is 2. The second kappa shape index (κ2) is 8.75. The topological polar surface area (TPSA) is 35.1 Å². The lowest BCUT2D eigenvalue weighted by Gasteiger charge is -2.11. The van der Waals surface area contributed by atoms with E-state index in [4.69, 9.17) is 9.97 Å². The monoisotopic (exact) mass is 430 g/mol. The van der Waals surface area contributed by atoms with Crippen LogP contribution in [0.4, 0.5) is 0 Å². The van der Waals surface area contributed by atoms with Gasteiger partial charge in [0, 0.05) is 29.2 Å². The van der Waals surface area contributed by atoms with Crippen LogP contribution < -0.4 is 0 Å². The van der Waals surface area contributed by atoms with Crippen LogP contribution >= 0.6 is 0 Å². The van der Waals surface area contributed by atoms with Crippen LogP contribution in [0.5, 0.6) is 0 Å². The van der Waals surface area contributed by atoms with Gasteiger partial charge in [-0.3, -0.25) is 4.57 Å². The summed E-state index contributed by atoms with van der Waals surface area (Å²) in [4.78, 5) is 9.83. The number of nitrogens with zero attached hydrogens (tertiary/aromatic N) is 4. The van der Waals surface area contributed by atoms with Gasteiger partial charge in [-0.05, 0) is 67.1 Å². The Morgan fingerprint density at radius 2 is 1.42 bits per heavy atom. The molecule has 0 fully saturated rings. The molecule has 0 saturated heterocycles. The second-order valence-corrected chi connectivity index (χ2v) is 7.78. The fraction of sp³-hybridized carbons (Fsp3) is 0.103. The fourth-order valence-corrected chi connectivity index (χ4v) is 4.19. The molecule has 0 radical (unpaired) electrons. The highest BCUT2D eigenvalue weighted by Gasteiger charge is 2.16. The van der Waals surface area contributed by atoms with Gasteiger partial charge >= 0.3 is 0 Å². The normalized spacial score (nSPS) is 10.9. The third-order valence-electron chi connectivity index (χ3n) is 5.57. The van der Waals surface area contributed by atoms with E-state index in [1.165, 1.54) is 5.56 Å². The minimum atomic E-state index is 0.932. The standard InChI is InChI=1S/C27H20N4.C2H6/c1-19-15-20(24-18-30-14-8-7-13-26(30)28-24)17-21(16-19)27-29-23-11-5-6-12-25(23)31(27)22-9-3-2-4-10-22;1-2/h2-18H,1H3;1-2H3. The minimum absolute atomic E-state index is 0.932. The van der Waals surface area contributed by atoms with Crippen molar-refractivity contribution >= 4 is 16.7 Å². The van der Waals surface area contributed by atoms with Crippen LogP contribution in [0.3, 0.4) is 0 Å². The maximum Gasteiger partial charge on any atom is 0.145 e. The molecule has 0 amide bonds. The van der Waals surface area contributed by atoms with Gasteiger partial charge in [-0.25, -0.2) is 9.97 Å². The lowest BCUT2D eigenvalue weighted by Crippen LogP contribution is -1.98. The summed E-state index contributed by atoms with van der Waals surface area (Å²) in [6.07, 6.45) is 4.10. The van der Waals surface area contributed by atoms with Crippen LogP contribution in [-0.4, -0.2) is 18.9 Å². The first-order valence-electron chi connectivity index (χ1n) is 11.4. The molecule has 0 aliphatic rings. The highest BCUT2D eigenvalue weighted by molar-refractivity contribution is 5.84. The quantitative estimate of drug-likeness (QED) is 0.294. The number of aromatic nitrogens is 4. The molecule has 3 aromatic heterocycles. The van der Waals surface area contributed by atoms with Gasteiger partial charge in [0.1, 0.15) is 11.5 Å². The molecule has 3 aromatic carbocycles. The first-order chi connectivity index (χ1) is 16.3. The number of rotatable bonds is 3. The molecule has 0 spiro atoms. The third kappa shape index (κ3) is 3.80. The molecule has 0 aliphatic carbocycles. The maximum absolute atomic E-state index is 5.02. The van der Waals surface area contributed by atoms with E-state index in [-0.39, 0.29) is 0 Å². The average molecular weight is 431 g/mol. The first kappa shape index (κ1) is 20.7. The highest BCUT2D eigenvalue weighted by Crippen LogP contribution is 2.32. The van der Waals surface area contributed by atoms with Gasteiger partial charge in [-0.1, -0.05) is 50.2 Å². The van der Waals surface area contributed by atoms with Crippen molar-refractivity contribution in [1.82, 2.24) is 18.9 Å². The summed E-state index contributed by atoms with van der Waals surface area (Å²) in [6.45, 7) is 6.12. The van der Waals surface area contributed by atoms with E-state index in [0.29, 0.717) is 0 Å². The Labute approximate surface area is 193 Å². The smallest absolute Gasteiger partial charge is 0.145 e. The van der Waals surface area contributed by atoms with Crippen molar-refractivity contribution in [2.75, 3.05) is 0 Å². The van der Waals surface area contributed by atoms with Crippen LogP contribution in [0.2, 0.25) is 0 Å². The minimum Gasteiger partial charge on any atom is -0.306 e. The number of fused-ring (bicyclic) bond motifs is 2. The highest BCUT2D eigenvalue weighted by atomic mass is 15.1. The predicted molar refractivity (Wildman–Crippen MR) is 137 cm³/mol. The van der Waals surface area contributed by atoms with Gasteiger partial charge in [0.25, 0.3) is 0 Å². The van der Waals surface area contributed by atoms with Gasteiger partial charge in [0.15, 0.2) is 0 Å². The van der Waals surface area contributed by atoms with Crippen molar-refractivity contribution in [3.63, 3.8) is 0 Å². The molecule has 0 bridgehead atoms. The first-order valence-corrected chi connectivity index (χ1v) is 11.4. The summed E-state index contributed by atoms with van der Waals surface area (Å²) >= 11 is 0. The lowest BCUT2D eigenvalue weighted by atomic mass is 10.0. The van der Waals surface area contributed by atoms with Crippen LogP contribution in [0, 0.1) is 6.92 Å². The molecule has 6 aromatic rings. The molecular formula is C29H26N4. The zero-order valence-corrected chi connectivity index (χ0v) is 19.1. The maximum atomic E-state index is 5.02. The summed E-state index contributed by atoms with van der Waals surface area (Å²) in [5.41, 5.74) is 8.42. The van der Waals surface area contributed by atoms with E-state index in [2.05, 4.69) is 82.8 Å². The van der Waals surface area contributed by atoms with Crippen LogP contribution in [-0.2, 0) is 0 Å². The molecule has 6 rings (SSSR count). The van der Waals surface area contributed by atoms with Crippen LogP contribution in [0.1, 0.15) is 19.4 Å². The van der Waals surface area contributed by atoms with E-state index in [1.54, 1.807) is 0 Å². The van der Waals surface area contributed by atoms with Crippen molar-refractivity contribution in [2.45, 2.75) is 20.8 Å². The molecule has 4 heteroatoms. The Hall–Kier alpha value is -4.18. The third-order valence-corrected chi connectivity index (χ3v) is 5.57. The molecule has 0 aliphatic heterocycles. The van der Waals surface area contributed by atoms with Gasteiger partial charge in [-0.15, -0.1) is 0 Å². The molecular weight excluding hydrogens is 404 g/mol. The molecule has 33 heavy (non-hydrogen) atoms. The molecule has 3 heterocycles. The van der Waals surface area contributed by atoms with E-state index >= 15 is 0 Å². The van der Waals surface area contributed by atoms with Crippen molar-refractivity contribution in [3.05, 3.63) is 109 Å². The Kier molecular flexibility index (Phi) is 5.49. The zero-order valence-electron chi connectivity index (χ0n) is 19.1. The van der Waals surface area contributed by atoms with Crippen LogP contribution in [0.25, 0.3) is 45.0 Å². The molecule has 0 atom stereocenters. The lowest BCUT2D eigenvalue weighted by molar-refractivity contribution is 1.10. The summed E-state index contributed by atoms with van der Waals surface area (Å²) < 4.78 is 4.29. The SMILES string of the molecule is CC.Cc1cc(-c2cn3ccccc3n2)cc(-c2nc3ccccc3n2-c2ccccc2)c1. The van der Waals surface area contributed by atoms with Crippen LogP contribution in [0.15, 0.2) is 103 Å². The van der Waals surface area contributed by atoms with Gasteiger partial charge in [-0.2, -0.15) is 0 Å². The van der Waals surface area contributed by atoms with E-state index < -0.39 is 0 Å². The van der Waals surface area contributed by atoms with E-state index in [1.807, 2.05) is 50.4 Å². The number of hydrogen-bond donors (Lipinski definition) is 0. The van der Waals surface area contributed by atoms with Crippen molar-refractivity contribution < 1.29 is 0 Å². The molecule has 0 saturated carbocycles. The molecule has 162 valence electrons. The van der Waals surface area contributed by atoms with E-state index in [9.17, 15) is 0 Å². The Morgan fingerprint density at radius 1 is 0.697 bits per heavy atom. The Balaban J connectivity index is 0.00000111. The second-order valence-electron chi connectivity index (χ2n) is 7.78. The molecule has 0 N–H and O–H groups in total. The number of pyridine rings is 1. The zero-order chi connectivity index (χ0) is 22.8. The predicted octanol–water partition coefficient (Wildman–Crippen LogP) is 7.34. The van der Waals surface area contributed by atoms with Crippen molar-refractivity contribution in [3.8, 4) is 28.3 Å². The average Bonchev–Trinajstić information content (AvgIpc) is 3.47. The number of hydrogen-bond acceptors (Lipinski definition) is 2. The summed E-state index contributed by atoms with van der Waals surface area (Å²) in [5.74, 6) is 0.932. The van der Waals surface area contributed by atoms with Crippen molar-refractivity contribution in [2.24, 2.45) is 0 Å². The fourth-order valence-electron chi connectivity index (χ4n) is 4.19.